The summed E-state index contributed by atoms with van der Waals surface area (Å²) in [4.78, 5) is 33.0. The fraction of sp³-hybridized carbons (Fsp3) is 0.214. The molecule has 2 amide bonds. The highest BCUT2D eigenvalue weighted by Crippen LogP contribution is 2.36. The van der Waals surface area contributed by atoms with Gasteiger partial charge in [-0.15, -0.1) is 0 Å². The van der Waals surface area contributed by atoms with E-state index >= 15 is 0 Å². The van der Waals surface area contributed by atoms with Gasteiger partial charge in [-0.2, -0.15) is 26.3 Å². The van der Waals surface area contributed by atoms with Crippen molar-refractivity contribution in [1.82, 2.24) is 15.3 Å². The molecule has 0 bridgehead atoms. The number of nitrogens with one attached hydrogen (secondary N) is 1. The van der Waals surface area contributed by atoms with Crippen LogP contribution >= 0.6 is 0 Å². The first kappa shape index (κ1) is 30.8. The molecule has 0 saturated carbocycles. The average molecular weight is 578 g/mol. The summed E-state index contributed by atoms with van der Waals surface area (Å²) in [5.41, 5.74) is -3.11. The smallest absolute Gasteiger partial charge is 0.348 e. The Kier molecular flexibility index (Phi) is 9.83. The van der Waals surface area contributed by atoms with Gasteiger partial charge in [0.1, 0.15) is 5.82 Å². The number of allylic oxidation sites excluding steroid dienone is 1. The SMILES string of the molecule is CC=CC(=O)NCc1cncc(C#CCN(C(=O)Cc2ncc(C(F)(F)F)cc2C(F)(F)F)c2ccc(F)cc2)c1. The number of aromatic nitrogens is 2. The molecule has 0 aliphatic carbocycles. The van der Waals surface area contributed by atoms with Crippen LogP contribution in [0.4, 0.5) is 36.4 Å². The highest BCUT2D eigenvalue weighted by atomic mass is 19.4. The number of benzene rings is 1. The summed E-state index contributed by atoms with van der Waals surface area (Å²) in [7, 11) is 0. The van der Waals surface area contributed by atoms with Crippen LogP contribution in [0.25, 0.3) is 0 Å². The minimum Gasteiger partial charge on any atom is -0.348 e. The summed E-state index contributed by atoms with van der Waals surface area (Å²) in [6.45, 7) is 1.48. The maximum atomic E-state index is 13.6. The van der Waals surface area contributed by atoms with Gasteiger partial charge in [-0.3, -0.25) is 19.6 Å². The van der Waals surface area contributed by atoms with Gasteiger partial charge in [-0.1, -0.05) is 17.9 Å². The highest BCUT2D eigenvalue weighted by molar-refractivity contribution is 5.95. The van der Waals surface area contributed by atoms with Gasteiger partial charge in [-0.25, -0.2) is 4.39 Å². The molecular formula is C28H21F7N4O2. The molecule has 2 aromatic heterocycles. The van der Waals surface area contributed by atoms with Crippen LogP contribution in [-0.2, 0) is 34.9 Å². The second-order valence-electron chi connectivity index (χ2n) is 8.45. The topological polar surface area (TPSA) is 75.2 Å². The van der Waals surface area contributed by atoms with Crippen LogP contribution in [0, 0.1) is 17.7 Å². The van der Waals surface area contributed by atoms with Gasteiger partial charge < -0.3 is 10.2 Å². The van der Waals surface area contributed by atoms with E-state index < -0.39 is 47.3 Å². The Morgan fingerprint density at radius 3 is 2.34 bits per heavy atom. The molecule has 13 heteroatoms. The van der Waals surface area contributed by atoms with Gasteiger partial charge in [0, 0.05) is 36.4 Å². The molecule has 41 heavy (non-hydrogen) atoms. The maximum Gasteiger partial charge on any atom is 0.418 e. The lowest BCUT2D eigenvalue weighted by Gasteiger charge is -2.21. The Bertz CT molecular complexity index is 1490. The lowest BCUT2D eigenvalue weighted by atomic mass is 10.1. The lowest BCUT2D eigenvalue weighted by molar-refractivity contribution is -0.144. The number of alkyl halides is 6. The van der Waals surface area contributed by atoms with Gasteiger partial charge in [-0.05, 0) is 55.0 Å². The van der Waals surface area contributed by atoms with Gasteiger partial charge in [0.25, 0.3) is 0 Å². The first-order valence-electron chi connectivity index (χ1n) is 11.8. The van der Waals surface area contributed by atoms with Crippen molar-refractivity contribution < 1.29 is 40.3 Å². The Labute approximate surface area is 229 Å². The van der Waals surface area contributed by atoms with E-state index in [1.807, 2.05) is 0 Å². The molecule has 2 heterocycles. The first-order chi connectivity index (χ1) is 19.3. The standard InChI is InChI=1S/C28H21F7N4O2/c1-2-4-25(40)38-16-19-11-18(14-36-15-19)5-3-10-39(22-8-6-21(29)7-9-22)26(41)13-24-23(28(33,34)35)12-20(17-37-24)27(30,31)32/h2,4,6-9,11-12,14-15,17H,10,13,16H2,1H3,(H,38,40). The van der Waals surface area contributed by atoms with Crippen molar-refractivity contribution in [3.05, 3.63) is 101 Å². The fourth-order valence-electron chi connectivity index (χ4n) is 3.49. The molecule has 0 fully saturated rings. The van der Waals surface area contributed by atoms with E-state index in [0.717, 1.165) is 17.0 Å². The van der Waals surface area contributed by atoms with Crippen molar-refractivity contribution in [2.24, 2.45) is 0 Å². The number of amides is 2. The number of nitrogens with zero attached hydrogens (tertiary/aromatic N) is 3. The molecule has 3 aromatic rings. The number of rotatable bonds is 7. The van der Waals surface area contributed by atoms with Gasteiger partial charge in [0.2, 0.25) is 11.8 Å². The van der Waals surface area contributed by atoms with Gasteiger partial charge >= 0.3 is 12.4 Å². The number of carbonyl (C=O) groups excluding carboxylic acids is 2. The normalized spacial score (nSPS) is 11.6. The largest absolute Gasteiger partial charge is 0.418 e. The summed E-state index contributed by atoms with van der Waals surface area (Å²) in [6.07, 6.45) is -5.24. The van der Waals surface area contributed by atoms with E-state index in [9.17, 15) is 40.3 Å². The van der Waals surface area contributed by atoms with Gasteiger partial charge in [0.15, 0.2) is 0 Å². The zero-order valence-corrected chi connectivity index (χ0v) is 21.3. The second-order valence-corrected chi connectivity index (χ2v) is 8.45. The average Bonchev–Trinajstić information content (AvgIpc) is 2.90. The van der Waals surface area contributed by atoms with E-state index in [-0.39, 0.29) is 36.9 Å². The Balaban J connectivity index is 1.87. The van der Waals surface area contributed by atoms with Crippen LogP contribution in [0.2, 0.25) is 0 Å². The highest BCUT2D eigenvalue weighted by Gasteiger charge is 2.39. The van der Waals surface area contributed by atoms with E-state index in [4.69, 9.17) is 0 Å². The number of halogens is 7. The molecule has 0 spiro atoms. The van der Waals surface area contributed by atoms with Crippen molar-refractivity contribution >= 4 is 17.5 Å². The summed E-state index contributed by atoms with van der Waals surface area (Å²) in [6, 6.07) is 5.98. The van der Waals surface area contributed by atoms with Crippen molar-refractivity contribution in [2.45, 2.75) is 32.2 Å². The molecule has 0 aliphatic rings. The number of hydrogen-bond donors (Lipinski definition) is 1. The number of pyridine rings is 2. The van der Waals surface area contributed by atoms with Crippen LogP contribution in [0.5, 0.6) is 0 Å². The zero-order chi connectivity index (χ0) is 30.2. The molecule has 0 aliphatic heterocycles. The van der Waals surface area contributed by atoms with Crippen molar-refractivity contribution in [3.8, 4) is 11.8 Å². The first-order valence-corrected chi connectivity index (χ1v) is 11.8. The number of carbonyl (C=O) groups is 2. The third-order valence-electron chi connectivity index (χ3n) is 5.41. The van der Waals surface area contributed by atoms with Crippen LogP contribution in [0.15, 0.2) is 67.1 Å². The summed E-state index contributed by atoms with van der Waals surface area (Å²) < 4.78 is 93.2. The van der Waals surface area contributed by atoms with Crippen molar-refractivity contribution in [1.29, 1.82) is 0 Å². The van der Waals surface area contributed by atoms with E-state index in [1.54, 1.807) is 19.1 Å². The van der Waals surface area contributed by atoms with Crippen LogP contribution in [0.3, 0.4) is 0 Å². The van der Waals surface area contributed by atoms with Crippen LogP contribution in [0.1, 0.15) is 34.9 Å². The molecule has 0 saturated heterocycles. The monoisotopic (exact) mass is 578 g/mol. The Morgan fingerprint density at radius 2 is 1.71 bits per heavy atom. The minimum absolute atomic E-state index is 0.0877. The van der Waals surface area contributed by atoms with E-state index in [1.165, 1.54) is 30.6 Å². The number of anilines is 1. The summed E-state index contributed by atoms with van der Waals surface area (Å²) >= 11 is 0. The molecule has 6 nitrogen and oxygen atoms in total. The minimum atomic E-state index is -5.21. The predicted molar refractivity (Wildman–Crippen MR) is 134 cm³/mol. The molecule has 0 unspecified atom stereocenters. The van der Waals surface area contributed by atoms with Crippen molar-refractivity contribution in [2.75, 3.05) is 11.4 Å². The van der Waals surface area contributed by atoms with Crippen LogP contribution in [-0.4, -0.2) is 28.3 Å². The van der Waals surface area contributed by atoms with Gasteiger partial charge in [0.05, 0.1) is 29.8 Å². The zero-order valence-electron chi connectivity index (χ0n) is 21.3. The predicted octanol–water partition coefficient (Wildman–Crippen LogP) is 5.47. The molecule has 1 aromatic carbocycles. The molecule has 0 radical (unpaired) electrons. The lowest BCUT2D eigenvalue weighted by Crippen LogP contribution is -2.33. The molecule has 1 N–H and O–H groups in total. The molecule has 214 valence electrons. The van der Waals surface area contributed by atoms with Crippen LogP contribution < -0.4 is 10.2 Å². The quantitative estimate of drug-likeness (QED) is 0.229. The molecule has 0 atom stereocenters. The second kappa shape index (κ2) is 13.1. The summed E-state index contributed by atoms with van der Waals surface area (Å²) in [5, 5.41) is 2.65. The molecular weight excluding hydrogens is 557 g/mol. The Morgan fingerprint density at radius 1 is 1.00 bits per heavy atom. The third-order valence-corrected chi connectivity index (χ3v) is 5.41. The maximum absolute atomic E-state index is 13.6. The Hall–Kier alpha value is -4.73. The van der Waals surface area contributed by atoms with E-state index in [0.29, 0.717) is 11.1 Å². The third kappa shape index (κ3) is 8.89. The molecule has 3 rings (SSSR count). The number of hydrogen-bond acceptors (Lipinski definition) is 4. The summed E-state index contributed by atoms with van der Waals surface area (Å²) in [5.74, 6) is 3.54. The fourth-order valence-corrected chi connectivity index (χ4v) is 3.49. The van der Waals surface area contributed by atoms with Crippen molar-refractivity contribution in [3.63, 3.8) is 0 Å². The van der Waals surface area contributed by atoms with E-state index in [2.05, 4.69) is 27.1 Å².